The van der Waals surface area contributed by atoms with Crippen molar-refractivity contribution in [3.63, 3.8) is 0 Å². The van der Waals surface area contributed by atoms with Gasteiger partial charge in [-0.25, -0.2) is 4.98 Å². The minimum atomic E-state index is -4.62. The van der Waals surface area contributed by atoms with Gasteiger partial charge in [0.05, 0.1) is 18.3 Å². The summed E-state index contributed by atoms with van der Waals surface area (Å²) in [4.78, 5) is 30.6. The first-order valence-electron chi connectivity index (χ1n) is 11.5. The van der Waals surface area contributed by atoms with Crippen LogP contribution in [-0.2, 0) is 11.2 Å². The highest BCUT2D eigenvalue weighted by molar-refractivity contribution is 6.00. The van der Waals surface area contributed by atoms with Gasteiger partial charge in [-0.05, 0) is 43.5 Å². The quantitative estimate of drug-likeness (QED) is 0.631. The first kappa shape index (κ1) is 24.1. The molecule has 3 atom stereocenters. The van der Waals surface area contributed by atoms with Crippen LogP contribution in [0.15, 0.2) is 18.3 Å². The van der Waals surface area contributed by atoms with Gasteiger partial charge in [0.2, 0.25) is 11.7 Å². The van der Waals surface area contributed by atoms with Gasteiger partial charge in [-0.3, -0.25) is 9.59 Å². The number of rotatable bonds is 4. The summed E-state index contributed by atoms with van der Waals surface area (Å²) >= 11 is 0. The predicted molar refractivity (Wildman–Crippen MR) is 118 cm³/mol. The van der Waals surface area contributed by atoms with E-state index in [1.165, 1.54) is 17.2 Å². The molecule has 0 saturated carbocycles. The summed E-state index contributed by atoms with van der Waals surface area (Å²) in [5.74, 6) is -2.03. The van der Waals surface area contributed by atoms with Crippen LogP contribution in [0, 0.1) is 12.7 Å². The summed E-state index contributed by atoms with van der Waals surface area (Å²) in [6.07, 6.45) is -5.06. The van der Waals surface area contributed by atoms with Crippen LogP contribution in [0.4, 0.5) is 23.2 Å². The number of alkyl halides is 3. The van der Waals surface area contributed by atoms with E-state index in [1.807, 2.05) is 0 Å². The van der Waals surface area contributed by atoms with E-state index in [1.54, 1.807) is 13.0 Å². The molecule has 2 aromatic rings. The zero-order chi connectivity index (χ0) is 25.8. The molecule has 8 nitrogen and oxygen atoms in total. The van der Waals surface area contributed by atoms with E-state index < -0.39 is 36.2 Å². The van der Waals surface area contributed by atoms with Gasteiger partial charge in [-0.15, -0.1) is 0 Å². The Hall–Kier alpha value is -3.57. The zero-order valence-electron chi connectivity index (χ0n) is 19.4. The molecule has 3 aliphatic rings. The molecule has 192 valence electrons. The molecule has 0 radical (unpaired) electrons. The lowest BCUT2D eigenvalue weighted by Crippen LogP contribution is -2.38. The Balaban J connectivity index is 1.38. The van der Waals surface area contributed by atoms with Crippen LogP contribution in [0.2, 0.25) is 0 Å². The van der Waals surface area contributed by atoms with Crippen molar-refractivity contribution in [3.05, 3.63) is 40.8 Å². The molecule has 5 rings (SSSR count). The first-order valence-corrected chi connectivity index (χ1v) is 11.5. The summed E-state index contributed by atoms with van der Waals surface area (Å²) in [6, 6.07) is 2.49. The molecule has 36 heavy (non-hydrogen) atoms. The van der Waals surface area contributed by atoms with Gasteiger partial charge in [-0.1, -0.05) is 0 Å². The number of benzene rings is 1. The van der Waals surface area contributed by atoms with Crippen LogP contribution >= 0.6 is 0 Å². The average Bonchev–Trinajstić information content (AvgIpc) is 3.16. The van der Waals surface area contributed by atoms with Crippen molar-refractivity contribution in [3.8, 4) is 17.4 Å². The number of halogens is 4. The van der Waals surface area contributed by atoms with E-state index in [4.69, 9.17) is 14.2 Å². The molecule has 12 heteroatoms. The fraction of sp³-hybridized carbons (Fsp3) is 0.458. The summed E-state index contributed by atoms with van der Waals surface area (Å²) in [6.45, 7) is 2.64. The molecule has 1 saturated heterocycles. The highest BCUT2D eigenvalue weighted by Crippen LogP contribution is 2.39. The van der Waals surface area contributed by atoms with Crippen molar-refractivity contribution in [1.29, 1.82) is 0 Å². The van der Waals surface area contributed by atoms with E-state index in [0.717, 1.165) is 6.92 Å². The maximum Gasteiger partial charge on any atom is 0.425 e. The molecule has 0 bridgehead atoms. The fourth-order valence-electron chi connectivity index (χ4n) is 4.61. The number of fused-ring (bicyclic) bond motifs is 3. The molecule has 1 N–H and O–H groups in total. The number of aryl methyl sites for hydroxylation is 2. The van der Waals surface area contributed by atoms with Crippen LogP contribution in [0.25, 0.3) is 0 Å². The molecular formula is C24H23F4N3O5. The third-order valence-corrected chi connectivity index (χ3v) is 6.49. The maximum absolute atomic E-state index is 15.0. The molecule has 3 aliphatic heterocycles. The number of anilines is 1. The number of ether oxygens (including phenoxy) is 3. The lowest BCUT2D eigenvalue weighted by molar-refractivity contribution is -0.189. The number of aromatic nitrogens is 1. The number of amides is 2. The Morgan fingerprint density at radius 1 is 1.25 bits per heavy atom. The molecule has 1 aromatic carbocycles. The largest absolute Gasteiger partial charge is 0.490 e. The smallest absolute Gasteiger partial charge is 0.425 e. The van der Waals surface area contributed by atoms with Crippen LogP contribution < -0.4 is 19.5 Å². The number of hydrogen-bond acceptors (Lipinski definition) is 6. The van der Waals surface area contributed by atoms with Crippen molar-refractivity contribution in [1.82, 2.24) is 9.88 Å². The molecule has 1 aromatic heterocycles. The molecule has 4 heterocycles. The molecule has 1 unspecified atom stereocenters. The van der Waals surface area contributed by atoms with Crippen molar-refractivity contribution in [2.24, 2.45) is 0 Å². The molecule has 0 aliphatic carbocycles. The lowest BCUT2D eigenvalue weighted by atomic mass is 10.1. The van der Waals surface area contributed by atoms with E-state index in [0.29, 0.717) is 24.0 Å². The second kappa shape index (κ2) is 8.82. The van der Waals surface area contributed by atoms with Crippen LogP contribution in [-0.4, -0.2) is 59.3 Å². The van der Waals surface area contributed by atoms with E-state index in [2.05, 4.69) is 10.3 Å². The zero-order valence-corrected chi connectivity index (χ0v) is 19.4. The Morgan fingerprint density at radius 3 is 2.78 bits per heavy atom. The van der Waals surface area contributed by atoms with Crippen molar-refractivity contribution in [2.45, 2.75) is 57.5 Å². The van der Waals surface area contributed by atoms with Gasteiger partial charge in [-0.2, -0.15) is 17.6 Å². The van der Waals surface area contributed by atoms with E-state index in [9.17, 15) is 27.2 Å². The lowest BCUT2D eigenvalue weighted by Gasteiger charge is -2.23. The summed E-state index contributed by atoms with van der Waals surface area (Å²) in [5, 5.41) is 2.49. The monoisotopic (exact) mass is 509 g/mol. The van der Waals surface area contributed by atoms with Gasteiger partial charge < -0.3 is 24.4 Å². The highest BCUT2D eigenvalue weighted by atomic mass is 19.4. The summed E-state index contributed by atoms with van der Waals surface area (Å²) < 4.78 is 71.2. The SMILES string of the molecule is Cc1cc2c(c(OC(C)C(F)(F)F)c1)C(=O)N1C[C@@H](Oc3ncc4c(c3F)NC(=O)CC4)C[C@@H]1CO2. The van der Waals surface area contributed by atoms with Crippen LogP contribution in [0.3, 0.4) is 0 Å². The Morgan fingerprint density at radius 2 is 2.03 bits per heavy atom. The van der Waals surface area contributed by atoms with Crippen molar-refractivity contribution >= 4 is 17.5 Å². The molecular weight excluding hydrogens is 486 g/mol. The average molecular weight is 509 g/mol. The van der Waals surface area contributed by atoms with Crippen LogP contribution in [0.1, 0.15) is 41.3 Å². The van der Waals surface area contributed by atoms with Crippen molar-refractivity contribution < 1.29 is 41.4 Å². The molecule has 1 fully saturated rings. The number of carbonyl (C=O) groups excluding carboxylic acids is 2. The second-order valence-corrected chi connectivity index (χ2v) is 9.16. The Kier molecular flexibility index (Phi) is 5.92. The topological polar surface area (TPSA) is 90.0 Å². The minimum Gasteiger partial charge on any atom is -0.490 e. The minimum absolute atomic E-state index is 0.0352. The molecule has 0 spiro atoms. The molecule has 2 amide bonds. The van der Waals surface area contributed by atoms with Gasteiger partial charge in [0.25, 0.3) is 11.8 Å². The predicted octanol–water partition coefficient (Wildman–Crippen LogP) is 3.80. The second-order valence-electron chi connectivity index (χ2n) is 9.16. The standard InChI is InChI=1S/C24H23F4N3O5/c1-11-5-16-19(17(6-11)35-12(2)24(26,27)28)23(33)31-9-15(7-14(31)10-34-16)36-22-20(25)21-13(8-29-22)3-4-18(32)30-21/h5-6,8,12,14-15H,3-4,7,9-10H2,1-2H3,(H,30,32)/t12?,14-,15+/m1/s1. The van der Waals surface area contributed by atoms with Gasteiger partial charge in [0.1, 0.15) is 29.8 Å². The van der Waals surface area contributed by atoms with E-state index >= 15 is 0 Å². The Labute approximate surface area is 203 Å². The number of pyridine rings is 1. The van der Waals surface area contributed by atoms with E-state index in [-0.39, 0.29) is 54.1 Å². The normalized spacial score (nSPS) is 22.0. The third-order valence-electron chi connectivity index (χ3n) is 6.49. The number of nitrogens with one attached hydrogen (secondary N) is 1. The third kappa shape index (κ3) is 4.40. The van der Waals surface area contributed by atoms with Gasteiger partial charge >= 0.3 is 6.18 Å². The summed E-state index contributed by atoms with van der Waals surface area (Å²) in [7, 11) is 0. The fourth-order valence-corrected chi connectivity index (χ4v) is 4.61. The Bertz CT molecular complexity index is 1240. The number of nitrogens with zero attached hydrogens (tertiary/aromatic N) is 2. The summed E-state index contributed by atoms with van der Waals surface area (Å²) in [5.41, 5.74) is 1.08. The van der Waals surface area contributed by atoms with Crippen LogP contribution in [0.5, 0.6) is 17.4 Å². The highest BCUT2D eigenvalue weighted by Gasteiger charge is 2.44. The number of carbonyl (C=O) groups is 2. The van der Waals surface area contributed by atoms with Gasteiger partial charge in [0.15, 0.2) is 6.10 Å². The first-order chi connectivity index (χ1) is 17.0. The maximum atomic E-state index is 15.0. The van der Waals surface area contributed by atoms with Crippen molar-refractivity contribution in [2.75, 3.05) is 18.5 Å². The number of hydrogen-bond donors (Lipinski definition) is 1. The van der Waals surface area contributed by atoms with Gasteiger partial charge in [0, 0.05) is 19.0 Å².